The van der Waals surface area contributed by atoms with Gasteiger partial charge in [0.1, 0.15) is 0 Å². The maximum absolute atomic E-state index is 14.9. The molecule has 0 saturated carbocycles. The Balaban J connectivity index is 1.20. The molecule has 0 aromatic heterocycles. The van der Waals surface area contributed by atoms with E-state index >= 15 is 0 Å². The van der Waals surface area contributed by atoms with Gasteiger partial charge in [0, 0.05) is 6.54 Å². The summed E-state index contributed by atoms with van der Waals surface area (Å²) >= 11 is 0. The van der Waals surface area contributed by atoms with E-state index in [1.807, 2.05) is 121 Å². The number of carboxylic acid groups (broad SMARTS) is 1. The maximum Gasteiger partial charge on any atom is 0.330 e. The monoisotopic (exact) mass is 608 g/mol. The summed E-state index contributed by atoms with van der Waals surface area (Å²) in [4.78, 5) is 49.5. The molecule has 4 aliphatic heterocycles. The average Bonchev–Trinajstić information content (AvgIpc) is 3.35. The predicted octanol–water partition coefficient (Wildman–Crippen LogP) is 7.86. The van der Waals surface area contributed by atoms with Crippen LogP contribution in [0.4, 0.5) is 32.3 Å². The number of benzene rings is 4. The van der Waals surface area contributed by atoms with Crippen molar-refractivity contribution in [1.82, 2.24) is 9.80 Å². The van der Waals surface area contributed by atoms with Gasteiger partial charge in [-0.2, -0.15) is 0 Å². The Morgan fingerprint density at radius 3 is 1.41 bits per heavy atom. The molecule has 0 radical (unpaired) electrons. The predicted molar refractivity (Wildman–Crippen MR) is 180 cm³/mol. The first-order valence-corrected chi connectivity index (χ1v) is 15.7. The fourth-order valence-corrected chi connectivity index (χ4v) is 7.55. The minimum Gasteiger partial charge on any atom is -0.480 e. The van der Waals surface area contributed by atoms with Crippen LogP contribution in [0.25, 0.3) is 24.3 Å². The van der Waals surface area contributed by atoms with Crippen LogP contribution in [-0.4, -0.2) is 57.6 Å². The van der Waals surface area contributed by atoms with Gasteiger partial charge in [-0.25, -0.2) is 14.4 Å². The van der Waals surface area contributed by atoms with Crippen molar-refractivity contribution in [3.05, 3.63) is 119 Å². The second kappa shape index (κ2) is 11.1. The minimum atomic E-state index is -1.22. The number of fused-ring (bicyclic) bond motifs is 6. The number of nitrogens with zero attached hydrogens (tertiary/aromatic N) is 4. The van der Waals surface area contributed by atoms with Crippen molar-refractivity contribution in [1.29, 1.82) is 0 Å². The minimum absolute atomic E-state index is 0.113. The van der Waals surface area contributed by atoms with Gasteiger partial charge < -0.3 is 14.9 Å². The lowest BCUT2D eigenvalue weighted by atomic mass is 9.86. The zero-order chi connectivity index (χ0) is 31.4. The van der Waals surface area contributed by atoms with Gasteiger partial charge in [0.25, 0.3) is 0 Å². The molecule has 2 bridgehead atoms. The number of likely N-dealkylation sites (tertiary alicyclic amines) is 1. The molecule has 0 unspecified atom stereocenters. The maximum atomic E-state index is 14.9. The van der Waals surface area contributed by atoms with Crippen LogP contribution < -0.4 is 9.80 Å². The molecular formula is C38H32N4O4. The van der Waals surface area contributed by atoms with Gasteiger partial charge >= 0.3 is 18.0 Å². The number of hydrogen-bond donors (Lipinski definition) is 1. The Morgan fingerprint density at radius 1 is 0.565 bits per heavy atom. The summed E-state index contributed by atoms with van der Waals surface area (Å²) in [5, 5.41) is 10.8. The molecule has 228 valence electrons. The molecule has 3 atom stereocenters. The summed E-state index contributed by atoms with van der Waals surface area (Å²) in [5.74, 6) is -1.12. The topological polar surface area (TPSA) is 84.4 Å². The van der Waals surface area contributed by atoms with E-state index in [1.54, 1.807) is 14.7 Å². The normalized spacial score (nSPS) is 20.9. The number of hydrogen-bond acceptors (Lipinski definition) is 3. The molecular weight excluding hydrogens is 576 g/mol. The van der Waals surface area contributed by atoms with Crippen LogP contribution in [-0.2, 0) is 4.79 Å². The van der Waals surface area contributed by atoms with Crippen LogP contribution >= 0.6 is 0 Å². The first-order valence-electron chi connectivity index (χ1n) is 15.7. The number of amides is 4. The Bertz CT molecular complexity index is 1850. The highest BCUT2D eigenvalue weighted by atomic mass is 16.4. The van der Waals surface area contributed by atoms with E-state index in [4.69, 9.17) is 0 Å². The van der Waals surface area contributed by atoms with Crippen molar-refractivity contribution in [2.75, 3.05) is 16.3 Å². The van der Waals surface area contributed by atoms with Crippen molar-refractivity contribution in [2.45, 2.75) is 37.4 Å². The summed E-state index contributed by atoms with van der Waals surface area (Å²) < 4.78 is 0. The third kappa shape index (κ3) is 4.40. The number of para-hydroxylation sites is 4. The van der Waals surface area contributed by atoms with Gasteiger partial charge in [-0.05, 0) is 65.8 Å². The van der Waals surface area contributed by atoms with E-state index < -0.39 is 24.1 Å². The zero-order valence-corrected chi connectivity index (χ0v) is 25.1. The molecule has 8 rings (SSSR count). The fraction of sp³-hybridized carbons (Fsp3) is 0.184. The molecule has 4 aromatic carbocycles. The van der Waals surface area contributed by atoms with Crippen LogP contribution in [0.3, 0.4) is 0 Å². The molecule has 1 N–H and O–H groups in total. The van der Waals surface area contributed by atoms with Crippen LogP contribution in [0.5, 0.6) is 0 Å². The molecule has 2 fully saturated rings. The van der Waals surface area contributed by atoms with E-state index in [0.29, 0.717) is 24.2 Å². The molecule has 4 heterocycles. The molecule has 4 aliphatic rings. The summed E-state index contributed by atoms with van der Waals surface area (Å²) in [7, 11) is 0. The SMILES string of the molecule is O=C(O)[C@@H]1[C@H]2CCC[C@@H](CN1C(=O)N1c3ccccc3C=Cc3ccccc31)N2C(=O)N1c2ccccc2C=Cc2ccccc21. The highest BCUT2D eigenvalue weighted by molar-refractivity contribution is 6.08. The number of carbonyl (C=O) groups excluding carboxylic acids is 2. The molecule has 46 heavy (non-hydrogen) atoms. The number of aliphatic carboxylic acids is 1. The third-order valence-electron chi connectivity index (χ3n) is 9.59. The Morgan fingerprint density at radius 2 is 0.978 bits per heavy atom. The first kappa shape index (κ1) is 27.9. The highest BCUT2D eigenvalue weighted by Crippen LogP contribution is 2.43. The number of urea groups is 2. The standard InChI is InChI=1S/C38H32N4O4/c43-36(44)35-34-19-9-14-29(40(34)38(46)42-32-17-7-3-12-27(32)22-23-28-13-4-8-18-33(28)42)24-39(35)37(45)41-30-15-5-1-10-25(30)20-21-26-11-2-6-16-31(26)41/h1-8,10-13,15-18,20-23,29,34-35H,9,14,19,24H2,(H,43,44)/t29-,34+,35-/m0/s1. The summed E-state index contributed by atoms with van der Waals surface area (Å²) in [6, 6.07) is 27.8. The number of carbonyl (C=O) groups is 3. The van der Waals surface area contributed by atoms with Gasteiger partial charge in [0.2, 0.25) is 0 Å². The van der Waals surface area contributed by atoms with Crippen LogP contribution in [0.2, 0.25) is 0 Å². The van der Waals surface area contributed by atoms with Gasteiger partial charge in [-0.3, -0.25) is 9.80 Å². The fourth-order valence-electron chi connectivity index (χ4n) is 7.55. The Kier molecular flexibility index (Phi) is 6.71. The van der Waals surface area contributed by atoms with Crippen LogP contribution in [0.1, 0.15) is 41.5 Å². The lowest BCUT2D eigenvalue weighted by molar-refractivity contribution is -0.148. The summed E-state index contributed by atoms with van der Waals surface area (Å²) in [6.45, 7) is 0.113. The van der Waals surface area contributed by atoms with Crippen LogP contribution in [0, 0.1) is 0 Å². The number of anilines is 4. The number of carboxylic acids is 1. The van der Waals surface area contributed by atoms with Crippen molar-refractivity contribution in [3.8, 4) is 0 Å². The average molecular weight is 609 g/mol. The van der Waals surface area contributed by atoms with E-state index in [2.05, 4.69) is 0 Å². The molecule has 8 heteroatoms. The van der Waals surface area contributed by atoms with Crippen molar-refractivity contribution < 1.29 is 19.5 Å². The van der Waals surface area contributed by atoms with Gasteiger partial charge in [0.05, 0.1) is 34.8 Å². The lowest BCUT2D eigenvalue weighted by Crippen LogP contribution is -2.72. The summed E-state index contributed by atoms with van der Waals surface area (Å²) in [5.41, 5.74) is 6.37. The Hall–Kier alpha value is -5.63. The largest absolute Gasteiger partial charge is 0.480 e. The first-order chi connectivity index (χ1) is 22.5. The molecule has 0 aliphatic carbocycles. The van der Waals surface area contributed by atoms with Gasteiger partial charge in [-0.15, -0.1) is 0 Å². The number of rotatable bonds is 1. The second-order valence-electron chi connectivity index (χ2n) is 12.1. The molecule has 8 nitrogen and oxygen atoms in total. The molecule has 2 saturated heterocycles. The highest BCUT2D eigenvalue weighted by Gasteiger charge is 2.53. The van der Waals surface area contributed by atoms with Crippen molar-refractivity contribution >= 4 is 65.1 Å². The van der Waals surface area contributed by atoms with Crippen molar-refractivity contribution in [2.24, 2.45) is 0 Å². The van der Waals surface area contributed by atoms with Crippen molar-refractivity contribution in [3.63, 3.8) is 0 Å². The lowest BCUT2D eigenvalue weighted by Gasteiger charge is -2.54. The van der Waals surface area contributed by atoms with E-state index in [-0.39, 0.29) is 18.6 Å². The summed E-state index contributed by atoms with van der Waals surface area (Å²) in [6.07, 6.45) is 9.89. The van der Waals surface area contributed by atoms with Crippen LogP contribution in [0.15, 0.2) is 97.1 Å². The number of piperazine rings is 1. The third-order valence-corrected chi connectivity index (χ3v) is 9.59. The van der Waals surface area contributed by atoms with E-state index in [0.717, 1.165) is 40.0 Å². The van der Waals surface area contributed by atoms with Gasteiger partial charge in [-0.1, -0.05) is 97.1 Å². The van der Waals surface area contributed by atoms with E-state index in [9.17, 15) is 19.5 Å². The second-order valence-corrected chi connectivity index (χ2v) is 12.1. The van der Waals surface area contributed by atoms with E-state index in [1.165, 1.54) is 4.90 Å². The van der Waals surface area contributed by atoms with Gasteiger partial charge in [0.15, 0.2) is 6.04 Å². The smallest absolute Gasteiger partial charge is 0.330 e. The Labute approximate surface area is 267 Å². The zero-order valence-electron chi connectivity index (χ0n) is 25.1. The number of piperidine rings is 1. The molecule has 0 spiro atoms. The quantitative estimate of drug-likeness (QED) is 0.238. The molecule has 4 aromatic rings. The molecule has 4 amide bonds.